The van der Waals surface area contributed by atoms with E-state index in [0.29, 0.717) is 11.8 Å². The van der Waals surface area contributed by atoms with E-state index in [-0.39, 0.29) is 5.82 Å². The maximum Gasteiger partial charge on any atom is 0.133 e. The van der Waals surface area contributed by atoms with Crippen LogP contribution in [-0.2, 0) is 17.8 Å². The molecule has 0 bridgehead atoms. The fraction of sp³-hybridized carbons (Fsp3) is 0.235. The van der Waals surface area contributed by atoms with Crippen LogP contribution in [0.1, 0.15) is 18.9 Å². The summed E-state index contributed by atoms with van der Waals surface area (Å²) in [5.41, 5.74) is 2.87. The standard InChI is InChI=1S/C17H16FNO/c1-2-9-19-15-7-6-12(8-10-20)11-13(15)17-14(18)4-3-5-16(17)19/h3-7,10-11H,2,8-9H2,1H3. The van der Waals surface area contributed by atoms with E-state index in [1.165, 1.54) is 6.07 Å². The van der Waals surface area contributed by atoms with E-state index in [1.54, 1.807) is 6.07 Å². The second-order valence-corrected chi connectivity index (χ2v) is 5.01. The Hall–Kier alpha value is -2.16. The van der Waals surface area contributed by atoms with Crippen LogP contribution in [-0.4, -0.2) is 10.9 Å². The Balaban J connectivity index is 2.40. The Morgan fingerprint density at radius 2 is 2.05 bits per heavy atom. The minimum atomic E-state index is -0.203. The van der Waals surface area contributed by atoms with Gasteiger partial charge in [-0.05, 0) is 36.2 Å². The van der Waals surface area contributed by atoms with Crippen LogP contribution >= 0.6 is 0 Å². The monoisotopic (exact) mass is 269 g/mol. The summed E-state index contributed by atoms with van der Waals surface area (Å²) in [4.78, 5) is 10.7. The van der Waals surface area contributed by atoms with Crippen molar-refractivity contribution in [1.29, 1.82) is 0 Å². The molecule has 0 fully saturated rings. The van der Waals surface area contributed by atoms with Gasteiger partial charge in [0.05, 0.1) is 5.52 Å². The quantitative estimate of drug-likeness (QED) is 0.654. The van der Waals surface area contributed by atoms with E-state index in [2.05, 4.69) is 11.5 Å². The number of halogens is 1. The molecule has 3 rings (SSSR count). The minimum absolute atomic E-state index is 0.203. The van der Waals surface area contributed by atoms with Crippen LogP contribution in [0.3, 0.4) is 0 Å². The molecule has 102 valence electrons. The van der Waals surface area contributed by atoms with Crippen LogP contribution in [0.15, 0.2) is 36.4 Å². The summed E-state index contributed by atoms with van der Waals surface area (Å²) >= 11 is 0. The van der Waals surface area contributed by atoms with Gasteiger partial charge in [0, 0.05) is 29.3 Å². The molecule has 0 saturated carbocycles. The smallest absolute Gasteiger partial charge is 0.133 e. The number of hydrogen-bond acceptors (Lipinski definition) is 1. The lowest BCUT2D eigenvalue weighted by atomic mass is 10.1. The van der Waals surface area contributed by atoms with Gasteiger partial charge in [-0.25, -0.2) is 4.39 Å². The van der Waals surface area contributed by atoms with E-state index in [1.807, 2.05) is 24.3 Å². The molecule has 0 spiro atoms. The van der Waals surface area contributed by atoms with Crippen LogP contribution in [0, 0.1) is 5.82 Å². The Bertz CT molecular complexity index is 788. The number of rotatable bonds is 4. The summed E-state index contributed by atoms with van der Waals surface area (Å²) in [5.74, 6) is -0.203. The largest absolute Gasteiger partial charge is 0.340 e. The number of aryl methyl sites for hydroxylation is 1. The van der Waals surface area contributed by atoms with Crippen LogP contribution < -0.4 is 0 Å². The molecule has 0 saturated heterocycles. The molecule has 3 aromatic rings. The van der Waals surface area contributed by atoms with Gasteiger partial charge in [0.25, 0.3) is 0 Å². The summed E-state index contributed by atoms with van der Waals surface area (Å²) < 4.78 is 16.4. The lowest BCUT2D eigenvalue weighted by molar-refractivity contribution is -0.107. The Morgan fingerprint density at radius 1 is 1.20 bits per heavy atom. The van der Waals surface area contributed by atoms with Crippen LogP contribution in [0.2, 0.25) is 0 Å². The van der Waals surface area contributed by atoms with E-state index < -0.39 is 0 Å². The highest BCUT2D eigenvalue weighted by atomic mass is 19.1. The molecular weight excluding hydrogens is 253 g/mol. The summed E-state index contributed by atoms with van der Waals surface area (Å²) in [7, 11) is 0. The van der Waals surface area contributed by atoms with Gasteiger partial charge in [0.2, 0.25) is 0 Å². The van der Waals surface area contributed by atoms with E-state index in [9.17, 15) is 9.18 Å². The average Bonchev–Trinajstić information content (AvgIpc) is 2.75. The minimum Gasteiger partial charge on any atom is -0.340 e. The van der Waals surface area contributed by atoms with Crippen molar-refractivity contribution >= 4 is 28.1 Å². The molecule has 0 N–H and O–H groups in total. The fourth-order valence-electron chi connectivity index (χ4n) is 2.84. The first-order valence-electron chi connectivity index (χ1n) is 6.89. The number of carbonyl (C=O) groups excluding carboxylic acids is 1. The zero-order valence-corrected chi connectivity index (χ0v) is 11.4. The van der Waals surface area contributed by atoms with Gasteiger partial charge in [-0.3, -0.25) is 0 Å². The molecule has 0 unspecified atom stereocenters. The molecule has 1 heterocycles. The number of benzene rings is 2. The highest BCUT2D eigenvalue weighted by Crippen LogP contribution is 2.31. The van der Waals surface area contributed by atoms with Gasteiger partial charge in [0.1, 0.15) is 12.1 Å². The Morgan fingerprint density at radius 3 is 2.80 bits per heavy atom. The highest BCUT2D eigenvalue weighted by molar-refractivity contribution is 6.08. The van der Waals surface area contributed by atoms with Gasteiger partial charge >= 0.3 is 0 Å². The van der Waals surface area contributed by atoms with Crippen LogP contribution in [0.5, 0.6) is 0 Å². The van der Waals surface area contributed by atoms with Crippen molar-refractivity contribution in [3.8, 4) is 0 Å². The van der Waals surface area contributed by atoms with Crippen molar-refractivity contribution in [2.75, 3.05) is 0 Å². The second-order valence-electron chi connectivity index (χ2n) is 5.01. The van der Waals surface area contributed by atoms with Crippen molar-refractivity contribution in [1.82, 2.24) is 4.57 Å². The molecule has 0 amide bonds. The predicted octanol–water partition coefficient (Wildman–Crippen LogP) is 4.09. The lowest BCUT2D eigenvalue weighted by Crippen LogP contribution is -1.96. The zero-order chi connectivity index (χ0) is 14.1. The van der Waals surface area contributed by atoms with Gasteiger partial charge in [0.15, 0.2) is 0 Å². The molecule has 3 heteroatoms. The topological polar surface area (TPSA) is 22.0 Å². The summed E-state index contributed by atoms with van der Waals surface area (Å²) in [6.45, 7) is 2.97. The van der Waals surface area contributed by atoms with E-state index in [0.717, 1.165) is 41.2 Å². The number of carbonyl (C=O) groups is 1. The molecule has 2 aromatic carbocycles. The van der Waals surface area contributed by atoms with Crippen molar-refractivity contribution in [3.63, 3.8) is 0 Å². The van der Waals surface area contributed by atoms with Crippen LogP contribution in [0.25, 0.3) is 21.8 Å². The van der Waals surface area contributed by atoms with E-state index >= 15 is 0 Å². The van der Waals surface area contributed by atoms with Gasteiger partial charge in [-0.15, -0.1) is 0 Å². The van der Waals surface area contributed by atoms with Crippen molar-refractivity contribution in [2.24, 2.45) is 0 Å². The van der Waals surface area contributed by atoms with Gasteiger partial charge in [-0.1, -0.05) is 19.1 Å². The van der Waals surface area contributed by atoms with Gasteiger partial charge in [-0.2, -0.15) is 0 Å². The molecule has 0 radical (unpaired) electrons. The predicted molar refractivity (Wildman–Crippen MR) is 79.5 cm³/mol. The fourth-order valence-corrected chi connectivity index (χ4v) is 2.84. The molecule has 0 aliphatic carbocycles. The third-order valence-electron chi connectivity index (χ3n) is 3.67. The highest BCUT2D eigenvalue weighted by Gasteiger charge is 2.13. The maximum atomic E-state index is 14.2. The molecule has 0 aliphatic heterocycles. The number of hydrogen-bond donors (Lipinski definition) is 0. The Kier molecular flexibility index (Phi) is 3.26. The second kappa shape index (κ2) is 5.08. The van der Waals surface area contributed by atoms with E-state index in [4.69, 9.17) is 0 Å². The summed E-state index contributed by atoms with van der Waals surface area (Å²) in [6, 6.07) is 11.1. The molecular formula is C17H16FNO. The summed E-state index contributed by atoms with van der Waals surface area (Å²) in [5, 5.41) is 1.55. The summed E-state index contributed by atoms with van der Waals surface area (Å²) in [6.07, 6.45) is 2.24. The molecule has 0 aliphatic rings. The molecule has 2 nitrogen and oxygen atoms in total. The number of fused-ring (bicyclic) bond motifs is 3. The van der Waals surface area contributed by atoms with Crippen LogP contribution in [0.4, 0.5) is 4.39 Å². The third kappa shape index (κ3) is 1.90. The lowest BCUT2D eigenvalue weighted by Gasteiger charge is -2.05. The number of nitrogens with zero attached hydrogens (tertiary/aromatic N) is 1. The van der Waals surface area contributed by atoms with Gasteiger partial charge < -0.3 is 9.36 Å². The molecule has 20 heavy (non-hydrogen) atoms. The number of aldehydes is 1. The first-order chi connectivity index (χ1) is 9.76. The normalized spacial score (nSPS) is 11.3. The van der Waals surface area contributed by atoms with Crippen molar-refractivity contribution in [2.45, 2.75) is 26.3 Å². The Labute approximate surface area is 116 Å². The SMILES string of the molecule is CCCn1c2ccc(CC=O)cc2c2c(F)cccc21. The molecule has 0 atom stereocenters. The first kappa shape index (κ1) is 12.9. The zero-order valence-electron chi connectivity index (χ0n) is 11.4. The third-order valence-corrected chi connectivity index (χ3v) is 3.67. The average molecular weight is 269 g/mol. The number of aromatic nitrogens is 1. The maximum absolute atomic E-state index is 14.2. The van der Waals surface area contributed by atoms with Crippen molar-refractivity contribution < 1.29 is 9.18 Å². The first-order valence-corrected chi connectivity index (χ1v) is 6.89. The molecule has 1 aromatic heterocycles. The van der Waals surface area contributed by atoms with Crippen molar-refractivity contribution in [3.05, 3.63) is 47.8 Å².